The largest absolute Gasteiger partial charge is 0.368 e. The Balaban J connectivity index is 1.44. The van der Waals surface area contributed by atoms with E-state index in [1.54, 1.807) is 19.5 Å². The van der Waals surface area contributed by atoms with Crippen molar-refractivity contribution in [2.24, 2.45) is 0 Å². The summed E-state index contributed by atoms with van der Waals surface area (Å²) in [7, 11) is 1.73. The van der Waals surface area contributed by atoms with Crippen molar-refractivity contribution < 1.29 is 9.26 Å². The topological polar surface area (TPSA) is 77.2 Å². The molecule has 7 heteroatoms. The van der Waals surface area contributed by atoms with Gasteiger partial charge < -0.3 is 9.26 Å². The molecule has 0 bridgehead atoms. The van der Waals surface area contributed by atoms with Crippen LogP contribution in [0.1, 0.15) is 48.8 Å². The van der Waals surface area contributed by atoms with Crippen LogP contribution >= 0.6 is 0 Å². The highest BCUT2D eigenvalue weighted by Gasteiger charge is 2.42. The molecule has 0 spiro atoms. The minimum atomic E-state index is -0.527. The van der Waals surface area contributed by atoms with Gasteiger partial charge in [0.05, 0.1) is 11.7 Å². The van der Waals surface area contributed by atoms with Crippen LogP contribution in [0, 0.1) is 0 Å². The molecule has 0 N–H and O–H groups in total. The molecule has 0 radical (unpaired) electrons. The smallest absolute Gasteiger partial charge is 0.258 e. The molecule has 4 rings (SSSR count). The Morgan fingerprint density at radius 1 is 1.18 bits per heavy atom. The number of piperidine rings is 1. The van der Waals surface area contributed by atoms with E-state index in [1.165, 1.54) is 0 Å². The number of ether oxygens (including phenoxy) is 1. The van der Waals surface area contributed by atoms with E-state index in [9.17, 15) is 0 Å². The fraction of sp³-hybridized carbons (Fsp3) is 0.429. The highest BCUT2D eigenvalue weighted by molar-refractivity contribution is 5.19. The Morgan fingerprint density at radius 3 is 2.64 bits per heavy atom. The Labute approximate surface area is 164 Å². The summed E-state index contributed by atoms with van der Waals surface area (Å²) in [6.07, 6.45) is 7.51. The third kappa shape index (κ3) is 3.81. The molecule has 1 aliphatic rings. The number of rotatable bonds is 6. The summed E-state index contributed by atoms with van der Waals surface area (Å²) in [6, 6.07) is 10.4. The minimum Gasteiger partial charge on any atom is -0.368 e. The van der Waals surface area contributed by atoms with E-state index in [-0.39, 0.29) is 6.04 Å². The molecule has 0 amide bonds. The molecule has 2 aromatic heterocycles. The van der Waals surface area contributed by atoms with Crippen molar-refractivity contribution in [2.75, 3.05) is 20.2 Å². The molecule has 7 nitrogen and oxygen atoms in total. The zero-order valence-corrected chi connectivity index (χ0v) is 16.3. The van der Waals surface area contributed by atoms with Gasteiger partial charge in [-0.3, -0.25) is 14.9 Å². The van der Waals surface area contributed by atoms with Gasteiger partial charge >= 0.3 is 0 Å². The monoisotopic (exact) mass is 379 g/mol. The molecule has 146 valence electrons. The van der Waals surface area contributed by atoms with Gasteiger partial charge in [-0.15, -0.1) is 0 Å². The summed E-state index contributed by atoms with van der Waals surface area (Å²) in [5.74, 6) is 1.26. The molecule has 1 fully saturated rings. The number of benzene rings is 1. The summed E-state index contributed by atoms with van der Waals surface area (Å²) in [5, 5.41) is 4.18. The molecular weight excluding hydrogens is 354 g/mol. The predicted molar refractivity (Wildman–Crippen MR) is 103 cm³/mol. The van der Waals surface area contributed by atoms with Gasteiger partial charge in [0.15, 0.2) is 5.82 Å². The molecule has 1 aromatic carbocycles. The molecule has 3 aromatic rings. The van der Waals surface area contributed by atoms with E-state index >= 15 is 0 Å². The summed E-state index contributed by atoms with van der Waals surface area (Å²) >= 11 is 0. The number of nitrogens with zero attached hydrogens (tertiary/aromatic N) is 5. The Hall–Kier alpha value is -2.64. The molecule has 3 heterocycles. The van der Waals surface area contributed by atoms with Crippen molar-refractivity contribution in [3.05, 3.63) is 71.9 Å². The Kier molecular flexibility index (Phi) is 5.45. The van der Waals surface area contributed by atoms with E-state index in [0.29, 0.717) is 18.1 Å². The minimum absolute atomic E-state index is 0.208. The first-order valence-corrected chi connectivity index (χ1v) is 9.62. The summed E-state index contributed by atoms with van der Waals surface area (Å²) in [4.78, 5) is 15.7. The third-order valence-corrected chi connectivity index (χ3v) is 5.62. The second-order valence-electron chi connectivity index (χ2n) is 7.22. The molecule has 0 unspecified atom stereocenters. The second-order valence-corrected chi connectivity index (χ2v) is 7.22. The number of aromatic nitrogens is 4. The first kappa shape index (κ1) is 18.7. The Morgan fingerprint density at radius 2 is 1.96 bits per heavy atom. The van der Waals surface area contributed by atoms with Crippen LogP contribution in [0.3, 0.4) is 0 Å². The zero-order valence-electron chi connectivity index (χ0n) is 16.3. The maximum Gasteiger partial charge on any atom is 0.258 e. The van der Waals surface area contributed by atoms with E-state index in [2.05, 4.69) is 44.1 Å². The third-order valence-electron chi connectivity index (χ3n) is 5.62. The number of hydrogen-bond acceptors (Lipinski definition) is 7. The normalized spacial score (nSPS) is 18.1. The predicted octanol–water partition coefficient (Wildman–Crippen LogP) is 3.15. The average Bonchev–Trinajstić information content (AvgIpc) is 3.24. The number of hydrogen-bond donors (Lipinski definition) is 0. The first-order chi connectivity index (χ1) is 13.7. The van der Waals surface area contributed by atoms with Gasteiger partial charge in [-0.1, -0.05) is 35.5 Å². The zero-order chi connectivity index (χ0) is 19.4. The van der Waals surface area contributed by atoms with Crippen molar-refractivity contribution in [3.8, 4) is 0 Å². The van der Waals surface area contributed by atoms with Crippen molar-refractivity contribution in [3.63, 3.8) is 0 Å². The van der Waals surface area contributed by atoms with Crippen LogP contribution in [0.5, 0.6) is 0 Å². The van der Waals surface area contributed by atoms with Crippen molar-refractivity contribution in [1.29, 1.82) is 0 Å². The van der Waals surface area contributed by atoms with Crippen LogP contribution in [0.25, 0.3) is 0 Å². The van der Waals surface area contributed by atoms with Gasteiger partial charge in [-0.2, -0.15) is 4.98 Å². The van der Waals surface area contributed by atoms with Gasteiger partial charge in [-0.25, -0.2) is 0 Å². The van der Waals surface area contributed by atoms with Crippen LogP contribution in [0.15, 0.2) is 53.4 Å². The van der Waals surface area contributed by atoms with Crippen LogP contribution in [0.4, 0.5) is 0 Å². The van der Waals surface area contributed by atoms with E-state index in [0.717, 1.165) is 37.2 Å². The number of methoxy groups -OCH3 is 1. The van der Waals surface area contributed by atoms with Gasteiger partial charge in [0.1, 0.15) is 5.60 Å². The van der Waals surface area contributed by atoms with Crippen LogP contribution in [0.2, 0.25) is 0 Å². The molecule has 1 atom stereocenters. The lowest BCUT2D eigenvalue weighted by Gasteiger charge is -2.40. The highest BCUT2D eigenvalue weighted by atomic mass is 16.5. The maximum absolute atomic E-state index is 5.91. The van der Waals surface area contributed by atoms with Crippen LogP contribution < -0.4 is 0 Å². The van der Waals surface area contributed by atoms with Crippen molar-refractivity contribution in [2.45, 2.75) is 37.8 Å². The average molecular weight is 379 g/mol. The quantitative estimate of drug-likeness (QED) is 0.651. The summed E-state index contributed by atoms with van der Waals surface area (Å²) in [6.45, 7) is 3.89. The summed E-state index contributed by atoms with van der Waals surface area (Å²) < 4.78 is 11.5. The second kappa shape index (κ2) is 8.16. The molecule has 1 saturated heterocycles. The van der Waals surface area contributed by atoms with E-state index < -0.39 is 5.60 Å². The van der Waals surface area contributed by atoms with E-state index in [1.807, 2.05) is 24.4 Å². The van der Waals surface area contributed by atoms with Crippen molar-refractivity contribution >= 4 is 0 Å². The highest BCUT2D eigenvalue weighted by Crippen LogP contribution is 2.37. The molecule has 0 aliphatic carbocycles. The van der Waals surface area contributed by atoms with Gasteiger partial charge in [0.25, 0.3) is 5.89 Å². The molecule has 0 saturated carbocycles. The lowest BCUT2D eigenvalue weighted by atomic mass is 9.90. The molecular formula is C21H25N5O2. The number of likely N-dealkylation sites (tertiary alicyclic amines) is 1. The fourth-order valence-corrected chi connectivity index (χ4v) is 3.78. The molecule has 28 heavy (non-hydrogen) atoms. The SMILES string of the molecule is COC1(c2nc(Cc3ccccc3)no2)CCN([C@H](C)c2cnccn2)CC1. The lowest BCUT2D eigenvalue weighted by molar-refractivity contribution is -0.0879. The molecule has 1 aliphatic heterocycles. The van der Waals surface area contributed by atoms with Gasteiger partial charge in [0, 0.05) is 45.2 Å². The van der Waals surface area contributed by atoms with Crippen LogP contribution in [-0.4, -0.2) is 45.2 Å². The van der Waals surface area contributed by atoms with Gasteiger partial charge in [-0.05, 0) is 25.3 Å². The summed E-state index contributed by atoms with van der Waals surface area (Å²) in [5.41, 5.74) is 1.62. The van der Waals surface area contributed by atoms with Crippen molar-refractivity contribution in [1.82, 2.24) is 25.0 Å². The van der Waals surface area contributed by atoms with Crippen LogP contribution in [-0.2, 0) is 16.8 Å². The lowest BCUT2D eigenvalue weighted by Crippen LogP contribution is -2.45. The standard InChI is InChI=1S/C21H25N5O2/c1-16(18-15-22-10-11-23-18)26-12-8-21(27-2,9-13-26)20-24-19(25-28-20)14-17-6-4-3-5-7-17/h3-7,10-11,15-16H,8-9,12-14H2,1-2H3/t16-/m1/s1. The fourth-order valence-electron chi connectivity index (χ4n) is 3.78. The first-order valence-electron chi connectivity index (χ1n) is 9.62. The Bertz CT molecular complexity index is 876. The maximum atomic E-state index is 5.91. The van der Waals surface area contributed by atoms with Gasteiger partial charge in [0.2, 0.25) is 0 Å². The van der Waals surface area contributed by atoms with E-state index in [4.69, 9.17) is 9.26 Å².